The molecule has 0 fully saturated rings. The Morgan fingerprint density at radius 1 is 1.53 bits per heavy atom. The van der Waals surface area contributed by atoms with Gasteiger partial charge in [0.15, 0.2) is 5.16 Å². The number of rotatable bonds is 3. The molecule has 0 aromatic carbocycles. The molecule has 0 spiro atoms. The van der Waals surface area contributed by atoms with Gasteiger partial charge in [-0.3, -0.25) is 9.78 Å². The highest BCUT2D eigenvalue weighted by molar-refractivity contribution is 7.98. The summed E-state index contributed by atoms with van der Waals surface area (Å²) in [5.41, 5.74) is 0.147. The molecular formula is C9H9N3O2S. The summed E-state index contributed by atoms with van der Waals surface area (Å²) in [5, 5.41) is 8.22. The van der Waals surface area contributed by atoms with Crippen LogP contribution in [0.15, 0.2) is 32.8 Å². The standard InChI is InChI=1S/C9H9N3O2S/c1-15-9-10-8(13)7(11-12-9)5-6-3-2-4-14-6/h2-4H,5H2,1H3,(H,10,12,13). The smallest absolute Gasteiger partial charge is 0.274 e. The fourth-order valence-corrected chi connectivity index (χ4v) is 1.45. The van der Waals surface area contributed by atoms with Crippen LogP contribution in [0, 0.1) is 0 Å². The quantitative estimate of drug-likeness (QED) is 0.788. The largest absolute Gasteiger partial charge is 0.469 e. The van der Waals surface area contributed by atoms with Crippen molar-refractivity contribution in [3.63, 3.8) is 0 Å². The van der Waals surface area contributed by atoms with E-state index in [1.807, 2.05) is 6.26 Å². The molecule has 2 rings (SSSR count). The number of aromatic amines is 1. The highest BCUT2D eigenvalue weighted by Crippen LogP contribution is 2.06. The van der Waals surface area contributed by atoms with Gasteiger partial charge in [0.05, 0.1) is 12.7 Å². The highest BCUT2D eigenvalue weighted by atomic mass is 32.2. The Hall–Kier alpha value is -1.56. The molecule has 1 N–H and O–H groups in total. The van der Waals surface area contributed by atoms with E-state index in [2.05, 4.69) is 15.2 Å². The number of furan rings is 1. The van der Waals surface area contributed by atoms with Gasteiger partial charge in [-0.15, -0.1) is 10.2 Å². The van der Waals surface area contributed by atoms with Crippen molar-refractivity contribution < 1.29 is 4.42 Å². The Morgan fingerprint density at radius 3 is 3.00 bits per heavy atom. The number of hydrogen-bond acceptors (Lipinski definition) is 5. The van der Waals surface area contributed by atoms with Crippen molar-refractivity contribution in [3.8, 4) is 0 Å². The maximum Gasteiger partial charge on any atom is 0.274 e. The average Bonchev–Trinajstić information content (AvgIpc) is 2.74. The highest BCUT2D eigenvalue weighted by Gasteiger charge is 2.06. The van der Waals surface area contributed by atoms with Crippen LogP contribution in [0.3, 0.4) is 0 Å². The van der Waals surface area contributed by atoms with Gasteiger partial charge in [0.1, 0.15) is 11.5 Å². The molecule has 5 nitrogen and oxygen atoms in total. The van der Waals surface area contributed by atoms with E-state index in [1.54, 1.807) is 18.4 Å². The Labute approximate surface area is 89.9 Å². The van der Waals surface area contributed by atoms with Gasteiger partial charge in [0.25, 0.3) is 5.56 Å². The van der Waals surface area contributed by atoms with Crippen LogP contribution in [0.25, 0.3) is 0 Å². The van der Waals surface area contributed by atoms with Crippen molar-refractivity contribution in [2.24, 2.45) is 0 Å². The van der Waals surface area contributed by atoms with Crippen LogP contribution in [-0.4, -0.2) is 21.4 Å². The first kappa shape index (κ1) is 9.97. The number of aromatic nitrogens is 3. The van der Waals surface area contributed by atoms with Crippen molar-refractivity contribution in [1.82, 2.24) is 15.2 Å². The van der Waals surface area contributed by atoms with Crippen LogP contribution in [0.5, 0.6) is 0 Å². The zero-order valence-corrected chi connectivity index (χ0v) is 8.87. The van der Waals surface area contributed by atoms with E-state index < -0.39 is 0 Å². The first-order chi connectivity index (χ1) is 7.29. The van der Waals surface area contributed by atoms with Crippen LogP contribution < -0.4 is 5.56 Å². The van der Waals surface area contributed by atoms with E-state index in [-0.39, 0.29) is 5.56 Å². The van der Waals surface area contributed by atoms with Crippen LogP contribution in [-0.2, 0) is 6.42 Å². The lowest BCUT2D eigenvalue weighted by molar-refractivity contribution is 0.516. The topological polar surface area (TPSA) is 71.8 Å². The Balaban J connectivity index is 2.26. The molecule has 6 heteroatoms. The molecule has 78 valence electrons. The molecule has 0 aliphatic rings. The zero-order valence-electron chi connectivity index (χ0n) is 8.06. The van der Waals surface area contributed by atoms with Crippen molar-refractivity contribution in [2.75, 3.05) is 6.26 Å². The minimum atomic E-state index is -0.217. The maximum absolute atomic E-state index is 11.5. The Bertz CT molecular complexity index is 492. The minimum Gasteiger partial charge on any atom is -0.469 e. The monoisotopic (exact) mass is 223 g/mol. The molecule has 0 amide bonds. The van der Waals surface area contributed by atoms with Gasteiger partial charge in [-0.1, -0.05) is 11.8 Å². The van der Waals surface area contributed by atoms with Crippen LogP contribution in [0.1, 0.15) is 11.5 Å². The number of H-pyrrole nitrogens is 1. The normalized spacial score (nSPS) is 10.5. The third-order valence-corrected chi connectivity index (χ3v) is 2.43. The van der Waals surface area contributed by atoms with Crippen LogP contribution in [0.4, 0.5) is 0 Å². The van der Waals surface area contributed by atoms with Crippen molar-refractivity contribution >= 4 is 11.8 Å². The summed E-state index contributed by atoms with van der Waals surface area (Å²) in [6, 6.07) is 3.57. The maximum atomic E-state index is 11.5. The van der Waals surface area contributed by atoms with E-state index in [4.69, 9.17) is 4.42 Å². The summed E-state index contributed by atoms with van der Waals surface area (Å²) in [6.07, 6.45) is 3.75. The van der Waals surface area contributed by atoms with Gasteiger partial charge in [0.2, 0.25) is 0 Å². The van der Waals surface area contributed by atoms with Gasteiger partial charge in [-0.05, 0) is 18.4 Å². The van der Waals surface area contributed by atoms with E-state index in [0.717, 1.165) is 0 Å². The molecule has 15 heavy (non-hydrogen) atoms. The lowest BCUT2D eigenvalue weighted by Gasteiger charge is -1.97. The minimum absolute atomic E-state index is 0.217. The van der Waals surface area contributed by atoms with E-state index in [9.17, 15) is 4.79 Å². The van der Waals surface area contributed by atoms with Gasteiger partial charge >= 0.3 is 0 Å². The summed E-state index contributed by atoms with van der Waals surface area (Å²) in [6.45, 7) is 0. The second-order valence-corrected chi connectivity index (χ2v) is 3.66. The summed E-state index contributed by atoms with van der Waals surface area (Å²) < 4.78 is 5.12. The fraction of sp³-hybridized carbons (Fsp3) is 0.222. The third kappa shape index (κ3) is 2.27. The van der Waals surface area contributed by atoms with Gasteiger partial charge in [-0.25, -0.2) is 0 Å². The molecule has 0 saturated carbocycles. The summed E-state index contributed by atoms with van der Waals surface area (Å²) in [7, 11) is 0. The van der Waals surface area contributed by atoms with Crippen molar-refractivity contribution in [2.45, 2.75) is 11.6 Å². The molecule has 0 aliphatic carbocycles. The summed E-state index contributed by atoms with van der Waals surface area (Å²) in [5.74, 6) is 0.701. The van der Waals surface area contributed by atoms with E-state index in [1.165, 1.54) is 11.8 Å². The van der Waals surface area contributed by atoms with Crippen molar-refractivity contribution in [3.05, 3.63) is 40.2 Å². The summed E-state index contributed by atoms with van der Waals surface area (Å²) in [4.78, 5) is 14.1. The Morgan fingerprint density at radius 2 is 2.40 bits per heavy atom. The molecule has 0 bridgehead atoms. The molecule has 0 unspecified atom stereocenters. The summed E-state index contributed by atoms with van der Waals surface area (Å²) >= 11 is 1.35. The molecule has 2 aromatic rings. The van der Waals surface area contributed by atoms with Gasteiger partial charge < -0.3 is 4.42 Å². The lowest BCUT2D eigenvalue weighted by atomic mass is 10.3. The van der Waals surface area contributed by atoms with Crippen molar-refractivity contribution in [1.29, 1.82) is 0 Å². The molecule has 0 saturated heterocycles. The third-order valence-electron chi connectivity index (χ3n) is 1.86. The predicted octanol–water partition coefficient (Wildman–Crippen LogP) is 1.07. The lowest BCUT2D eigenvalue weighted by Crippen LogP contribution is -2.17. The van der Waals surface area contributed by atoms with E-state index in [0.29, 0.717) is 23.0 Å². The number of nitrogens with zero attached hydrogens (tertiary/aromatic N) is 2. The Kier molecular flexibility index (Phi) is 2.86. The molecule has 0 aliphatic heterocycles. The van der Waals surface area contributed by atoms with Crippen LogP contribution in [0.2, 0.25) is 0 Å². The molecule has 2 heterocycles. The number of nitrogens with one attached hydrogen (secondary N) is 1. The number of thioether (sulfide) groups is 1. The number of hydrogen-bond donors (Lipinski definition) is 1. The average molecular weight is 223 g/mol. The zero-order chi connectivity index (χ0) is 10.7. The molecular weight excluding hydrogens is 214 g/mol. The fourth-order valence-electron chi connectivity index (χ4n) is 1.13. The van der Waals surface area contributed by atoms with E-state index >= 15 is 0 Å². The van der Waals surface area contributed by atoms with Crippen LogP contribution >= 0.6 is 11.8 Å². The second kappa shape index (κ2) is 4.31. The first-order valence-corrected chi connectivity index (χ1v) is 5.54. The first-order valence-electron chi connectivity index (χ1n) is 4.32. The predicted molar refractivity (Wildman–Crippen MR) is 55.9 cm³/mol. The second-order valence-electron chi connectivity index (χ2n) is 2.87. The molecule has 0 atom stereocenters. The SMILES string of the molecule is CSc1nnc(Cc2ccco2)c(=O)[nH]1. The molecule has 0 radical (unpaired) electrons. The van der Waals surface area contributed by atoms with Gasteiger partial charge in [0, 0.05) is 0 Å². The van der Waals surface area contributed by atoms with Gasteiger partial charge in [-0.2, -0.15) is 0 Å². The molecule has 2 aromatic heterocycles.